The Morgan fingerprint density at radius 2 is 1.91 bits per heavy atom. The lowest BCUT2D eigenvalue weighted by molar-refractivity contribution is 0.165. The molecule has 0 saturated carbocycles. The zero-order valence-electron chi connectivity index (χ0n) is 5.78. The summed E-state index contributed by atoms with van der Waals surface area (Å²) >= 11 is 0. The van der Waals surface area contributed by atoms with E-state index in [-0.39, 0.29) is 11.5 Å². The summed E-state index contributed by atoms with van der Waals surface area (Å²) in [4.78, 5) is 0. The van der Waals surface area contributed by atoms with Crippen molar-refractivity contribution in [2.45, 2.75) is 12.5 Å². The number of fused-ring (bicyclic) bond motifs is 3. The molecule has 0 amide bonds. The summed E-state index contributed by atoms with van der Waals surface area (Å²) in [5, 5.41) is 27.7. The fraction of sp³-hybridized carbons (Fsp3) is 0.250. The topological polar surface area (TPSA) is 60.7 Å². The molecule has 0 aliphatic heterocycles. The fourth-order valence-electron chi connectivity index (χ4n) is 1.39. The number of aromatic hydroxyl groups is 2. The van der Waals surface area contributed by atoms with E-state index in [1.54, 1.807) is 12.1 Å². The van der Waals surface area contributed by atoms with Crippen LogP contribution in [0.15, 0.2) is 12.1 Å². The molecule has 1 aromatic carbocycles. The van der Waals surface area contributed by atoms with Gasteiger partial charge in [-0.1, -0.05) is 12.1 Å². The summed E-state index contributed by atoms with van der Waals surface area (Å²) in [6.45, 7) is 0. The van der Waals surface area contributed by atoms with Crippen LogP contribution in [0.4, 0.5) is 0 Å². The van der Waals surface area contributed by atoms with E-state index in [0.29, 0.717) is 17.5 Å². The van der Waals surface area contributed by atoms with Crippen LogP contribution in [-0.2, 0) is 6.42 Å². The van der Waals surface area contributed by atoms with Crippen molar-refractivity contribution < 1.29 is 15.3 Å². The van der Waals surface area contributed by atoms with Crippen LogP contribution in [0.2, 0.25) is 0 Å². The van der Waals surface area contributed by atoms with Crippen LogP contribution in [0.5, 0.6) is 11.5 Å². The van der Waals surface area contributed by atoms with Crippen molar-refractivity contribution in [3.63, 3.8) is 0 Å². The highest BCUT2D eigenvalue weighted by atomic mass is 16.3. The number of phenolic OH excluding ortho intramolecular Hbond substituents is 2. The third kappa shape index (κ3) is 0.714. The molecule has 11 heavy (non-hydrogen) atoms. The van der Waals surface area contributed by atoms with E-state index < -0.39 is 6.10 Å². The Balaban J connectivity index is 2.71. The molecule has 58 valence electrons. The molecule has 3 nitrogen and oxygen atoms in total. The Bertz CT molecular complexity index is 306. The highest BCUT2D eigenvalue weighted by Crippen LogP contribution is 2.42. The molecule has 2 bridgehead atoms. The maximum atomic E-state index is 9.27. The van der Waals surface area contributed by atoms with Crippen LogP contribution >= 0.6 is 0 Å². The lowest BCUT2D eigenvalue weighted by Gasteiger charge is -2.21. The summed E-state index contributed by atoms with van der Waals surface area (Å²) in [6.07, 6.45) is -0.243. The molecule has 0 saturated heterocycles. The normalized spacial score (nSPS) is 20.6. The molecule has 3 N–H and O–H groups in total. The SMILES string of the molecule is Oc1c2ccc(c1O)C(O)C2. The second-order valence-electron chi connectivity index (χ2n) is 2.73. The number of aliphatic hydroxyl groups is 1. The molecule has 2 aliphatic carbocycles. The lowest BCUT2D eigenvalue weighted by atomic mass is 9.91. The van der Waals surface area contributed by atoms with Crippen molar-refractivity contribution in [3.05, 3.63) is 23.3 Å². The van der Waals surface area contributed by atoms with Gasteiger partial charge in [0.05, 0.1) is 6.10 Å². The number of aliphatic hydroxyl groups excluding tert-OH is 1. The number of hydrogen-bond donors (Lipinski definition) is 3. The largest absolute Gasteiger partial charge is 0.504 e. The molecule has 3 rings (SSSR count). The minimum Gasteiger partial charge on any atom is -0.504 e. The van der Waals surface area contributed by atoms with Crippen LogP contribution in [0.1, 0.15) is 17.2 Å². The predicted octanol–water partition coefficient (Wildman–Crippen LogP) is 0.687. The van der Waals surface area contributed by atoms with E-state index in [1.165, 1.54) is 0 Å². The van der Waals surface area contributed by atoms with Gasteiger partial charge in [0.25, 0.3) is 0 Å². The first-order valence-corrected chi connectivity index (χ1v) is 3.42. The van der Waals surface area contributed by atoms with E-state index in [9.17, 15) is 15.3 Å². The molecule has 0 fully saturated rings. The van der Waals surface area contributed by atoms with Gasteiger partial charge in [-0.15, -0.1) is 0 Å². The number of rotatable bonds is 0. The van der Waals surface area contributed by atoms with Gasteiger partial charge in [-0.3, -0.25) is 0 Å². The first-order chi connectivity index (χ1) is 5.20. The summed E-state index contributed by atoms with van der Waals surface area (Å²) in [7, 11) is 0. The monoisotopic (exact) mass is 152 g/mol. The first-order valence-electron chi connectivity index (χ1n) is 3.42. The first kappa shape index (κ1) is 6.49. The Hall–Kier alpha value is -1.22. The molecule has 3 heteroatoms. The van der Waals surface area contributed by atoms with Gasteiger partial charge in [0.1, 0.15) is 0 Å². The van der Waals surface area contributed by atoms with Gasteiger partial charge in [0.2, 0.25) is 0 Å². The van der Waals surface area contributed by atoms with E-state index in [4.69, 9.17) is 0 Å². The molecule has 0 radical (unpaired) electrons. The molecular formula is C8H8O3. The van der Waals surface area contributed by atoms with E-state index >= 15 is 0 Å². The van der Waals surface area contributed by atoms with Gasteiger partial charge in [0.15, 0.2) is 11.5 Å². The maximum Gasteiger partial charge on any atom is 0.163 e. The molecule has 0 aromatic heterocycles. The van der Waals surface area contributed by atoms with Gasteiger partial charge in [-0.25, -0.2) is 0 Å². The average Bonchev–Trinajstić information content (AvgIpc) is 1.99. The molecule has 1 unspecified atom stereocenters. The molecular weight excluding hydrogens is 144 g/mol. The highest BCUT2D eigenvalue weighted by molar-refractivity contribution is 5.54. The zero-order chi connectivity index (χ0) is 8.01. The summed E-state index contributed by atoms with van der Waals surface area (Å²) < 4.78 is 0. The summed E-state index contributed by atoms with van der Waals surface area (Å²) in [5.74, 6) is -0.269. The second-order valence-corrected chi connectivity index (χ2v) is 2.73. The quantitative estimate of drug-likeness (QED) is 0.479. The van der Waals surface area contributed by atoms with Crippen molar-refractivity contribution >= 4 is 0 Å². The van der Waals surface area contributed by atoms with E-state index in [0.717, 1.165) is 0 Å². The lowest BCUT2D eigenvalue weighted by Crippen LogP contribution is -2.08. The van der Waals surface area contributed by atoms with Crippen molar-refractivity contribution in [3.8, 4) is 11.5 Å². The smallest absolute Gasteiger partial charge is 0.163 e. The summed E-state index contributed by atoms with van der Waals surface area (Å²) in [5.41, 5.74) is 1.02. The standard InChI is InChI=1S/C8H8O3/c9-6-3-4-1-2-5(6)8(11)7(4)10/h1-2,6,9-11H,3H2. The number of benzene rings is 1. The van der Waals surface area contributed by atoms with Crippen LogP contribution < -0.4 is 0 Å². The molecule has 1 aromatic rings. The highest BCUT2D eigenvalue weighted by Gasteiger charge is 2.24. The Labute approximate surface area is 63.5 Å². The van der Waals surface area contributed by atoms with Gasteiger partial charge < -0.3 is 15.3 Å². The van der Waals surface area contributed by atoms with Gasteiger partial charge in [-0.05, 0) is 0 Å². The number of hydrogen-bond acceptors (Lipinski definition) is 3. The Kier molecular flexibility index (Phi) is 1.11. The zero-order valence-corrected chi connectivity index (χ0v) is 5.78. The van der Waals surface area contributed by atoms with Crippen LogP contribution in [0.3, 0.4) is 0 Å². The van der Waals surface area contributed by atoms with Gasteiger partial charge in [-0.2, -0.15) is 0 Å². The molecule has 1 atom stereocenters. The Morgan fingerprint density at radius 1 is 1.18 bits per heavy atom. The van der Waals surface area contributed by atoms with Crippen molar-refractivity contribution in [1.82, 2.24) is 0 Å². The van der Waals surface area contributed by atoms with Gasteiger partial charge in [0, 0.05) is 17.5 Å². The van der Waals surface area contributed by atoms with E-state index in [1.807, 2.05) is 0 Å². The van der Waals surface area contributed by atoms with Crippen LogP contribution in [-0.4, -0.2) is 15.3 Å². The van der Waals surface area contributed by atoms with E-state index in [2.05, 4.69) is 0 Å². The Morgan fingerprint density at radius 3 is 2.36 bits per heavy atom. The van der Waals surface area contributed by atoms with Crippen molar-refractivity contribution in [1.29, 1.82) is 0 Å². The number of phenols is 2. The fourth-order valence-corrected chi connectivity index (χ4v) is 1.39. The molecule has 2 aliphatic rings. The predicted molar refractivity (Wildman–Crippen MR) is 38.4 cm³/mol. The van der Waals surface area contributed by atoms with Crippen LogP contribution in [0, 0.1) is 0 Å². The summed E-state index contributed by atoms with van der Waals surface area (Å²) in [6, 6.07) is 3.33. The third-order valence-electron chi connectivity index (χ3n) is 2.04. The minimum absolute atomic E-state index is 0.0900. The van der Waals surface area contributed by atoms with Crippen LogP contribution in [0.25, 0.3) is 0 Å². The third-order valence-corrected chi connectivity index (χ3v) is 2.04. The van der Waals surface area contributed by atoms with Crippen molar-refractivity contribution in [2.24, 2.45) is 0 Å². The maximum absolute atomic E-state index is 9.27. The average molecular weight is 152 g/mol. The molecule has 0 spiro atoms. The van der Waals surface area contributed by atoms with Crippen molar-refractivity contribution in [2.75, 3.05) is 0 Å². The van der Waals surface area contributed by atoms with Gasteiger partial charge >= 0.3 is 0 Å². The minimum atomic E-state index is -0.647. The molecule has 0 heterocycles. The second kappa shape index (κ2) is 1.89.